The summed E-state index contributed by atoms with van der Waals surface area (Å²) >= 11 is 1.27. The molecule has 0 aliphatic carbocycles. The molecule has 1 rings (SSSR count). The molecule has 0 amide bonds. The molecule has 4 nitrogen and oxygen atoms in total. The van der Waals surface area contributed by atoms with Crippen molar-refractivity contribution < 1.29 is 9.90 Å². The van der Waals surface area contributed by atoms with E-state index in [4.69, 9.17) is 5.11 Å². The average Bonchev–Trinajstić information content (AvgIpc) is 2.55. The van der Waals surface area contributed by atoms with E-state index >= 15 is 0 Å². The maximum atomic E-state index is 10.5. The minimum absolute atomic E-state index is 0.0568. The molecule has 0 aromatic carbocycles. The predicted molar refractivity (Wildman–Crippen MR) is 64.9 cm³/mol. The van der Waals surface area contributed by atoms with Gasteiger partial charge in [-0.25, -0.2) is 4.98 Å². The molecule has 1 N–H and O–H groups in total. The number of aliphatic carboxylic acids is 1. The third-order valence-corrected chi connectivity index (χ3v) is 3.60. The zero-order valence-corrected chi connectivity index (χ0v) is 10.9. The summed E-state index contributed by atoms with van der Waals surface area (Å²) in [5.41, 5.74) is 1.08. The van der Waals surface area contributed by atoms with Gasteiger partial charge in [0.15, 0.2) is 5.16 Å². The Morgan fingerprint density at radius 1 is 1.56 bits per heavy atom. The topological polar surface area (TPSA) is 55.1 Å². The lowest BCUT2D eigenvalue weighted by atomic mass is 10.1. The number of hydrogen-bond acceptors (Lipinski definition) is 3. The van der Waals surface area contributed by atoms with Crippen LogP contribution in [0.4, 0.5) is 0 Å². The highest BCUT2D eigenvalue weighted by Gasteiger charge is 2.17. The van der Waals surface area contributed by atoms with Crippen molar-refractivity contribution in [3.63, 3.8) is 0 Å². The van der Waals surface area contributed by atoms with Gasteiger partial charge in [0.25, 0.3) is 0 Å². The molecule has 0 bridgehead atoms. The molecule has 1 atom stereocenters. The number of carboxylic acids is 1. The van der Waals surface area contributed by atoms with Gasteiger partial charge in [-0.05, 0) is 19.8 Å². The molecule has 0 saturated carbocycles. The summed E-state index contributed by atoms with van der Waals surface area (Å²) < 4.78 is 2.11. The number of nitrogens with zero attached hydrogens (tertiary/aromatic N) is 2. The van der Waals surface area contributed by atoms with Crippen LogP contribution < -0.4 is 0 Å². The van der Waals surface area contributed by atoms with Crippen LogP contribution in [-0.2, 0) is 4.79 Å². The second kappa shape index (κ2) is 5.39. The predicted octanol–water partition coefficient (Wildman–Crippen LogP) is 2.59. The van der Waals surface area contributed by atoms with Gasteiger partial charge >= 0.3 is 5.97 Å². The molecular weight excluding hydrogens is 224 g/mol. The quantitative estimate of drug-likeness (QED) is 0.806. The SMILES string of the molecule is Cc1cnc(SCC(=O)O)n1C(C)C(C)C. The number of hydrogen-bond donors (Lipinski definition) is 1. The van der Waals surface area contributed by atoms with Gasteiger partial charge in [-0.15, -0.1) is 0 Å². The molecule has 5 heteroatoms. The van der Waals surface area contributed by atoms with Crippen molar-refractivity contribution in [2.75, 3.05) is 5.75 Å². The highest BCUT2D eigenvalue weighted by atomic mass is 32.2. The zero-order valence-electron chi connectivity index (χ0n) is 10.1. The summed E-state index contributed by atoms with van der Waals surface area (Å²) in [7, 11) is 0. The largest absolute Gasteiger partial charge is 0.481 e. The van der Waals surface area contributed by atoms with E-state index < -0.39 is 5.97 Å². The van der Waals surface area contributed by atoms with Crippen LogP contribution in [0.2, 0.25) is 0 Å². The Labute approximate surface area is 100 Å². The van der Waals surface area contributed by atoms with Gasteiger partial charge in [0.05, 0.1) is 5.75 Å². The first-order valence-corrected chi connectivity index (χ1v) is 6.30. The lowest BCUT2D eigenvalue weighted by Crippen LogP contribution is -2.14. The fourth-order valence-electron chi connectivity index (χ4n) is 1.45. The molecule has 0 aliphatic heterocycles. The van der Waals surface area contributed by atoms with E-state index in [0.29, 0.717) is 12.0 Å². The lowest BCUT2D eigenvalue weighted by Gasteiger charge is -2.21. The smallest absolute Gasteiger partial charge is 0.313 e. The highest BCUT2D eigenvalue weighted by molar-refractivity contribution is 7.99. The first-order valence-electron chi connectivity index (χ1n) is 5.32. The number of imidazole rings is 1. The Morgan fingerprint density at radius 2 is 2.19 bits per heavy atom. The number of aromatic nitrogens is 2. The monoisotopic (exact) mass is 242 g/mol. The molecule has 1 aromatic heterocycles. The van der Waals surface area contributed by atoms with Crippen molar-refractivity contribution >= 4 is 17.7 Å². The Balaban J connectivity index is 2.89. The van der Waals surface area contributed by atoms with Crippen molar-refractivity contribution in [3.05, 3.63) is 11.9 Å². The van der Waals surface area contributed by atoms with Crippen molar-refractivity contribution in [2.45, 2.75) is 38.9 Å². The van der Waals surface area contributed by atoms with Crippen molar-refractivity contribution in [1.29, 1.82) is 0 Å². The summed E-state index contributed by atoms with van der Waals surface area (Å²) in [6.07, 6.45) is 1.79. The van der Waals surface area contributed by atoms with Crippen LogP contribution in [0.15, 0.2) is 11.4 Å². The molecule has 1 unspecified atom stereocenters. The van der Waals surface area contributed by atoms with Gasteiger partial charge in [0.2, 0.25) is 0 Å². The summed E-state index contributed by atoms with van der Waals surface area (Å²) in [6, 6.07) is 0.332. The van der Waals surface area contributed by atoms with Crippen molar-refractivity contribution in [2.24, 2.45) is 5.92 Å². The fourth-order valence-corrected chi connectivity index (χ4v) is 2.28. The molecule has 1 aromatic rings. The Morgan fingerprint density at radius 3 is 2.69 bits per heavy atom. The number of thioether (sulfide) groups is 1. The van der Waals surface area contributed by atoms with E-state index in [1.165, 1.54) is 11.8 Å². The lowest BCUT2D eigenvalue weighted by molar-refractivity contribution is -0.133. The minimum Gasteiger partial charge on any atom is -0.481 e. The summed E-state index contributed by atoms with van der Waals surface area (Å²) in [5, 5.41) is 9.46. The van der Waals surface area contributed by atoms with Gasteiger partial charge in [-0.3, -0.25) is 4.79 Å². The first kappa shape index (κ1) is 13.1. The van der Waals surface area contributed by atoms with E-state index in [2.05, 4.69) is 30.3 Å². The van der Waals surface area contributed by atoms with Gasteiger partial charge in [-0.2, -0.15) is 0 Å². The number of carbonyl (C=O) groups is 1. The normalized spacial score (nSPS) is 13.1. The molecule has 0 spiro atoms. The van der Waals surface area contributed by atoms with Crippen molar-refractivity contribution in [1.82, 2.24) is 9.55 Å². The molecular formula is C11H18N2O2S. The van der Waals surface area contributed by atoms with Crippen LogP contribution in [0.3, 0.4) is 0 Å². The molecule has 16 heavy (non-hydrogen) atoms. The van der Waals surface area contributed by atoms with Crippen LogP contribution in [0, 0.1) is 12.8 Å². The molecule has 0 radical (unpaired) electrons. The maximum absolute atomic E-state index is 10.5. The number of carboxylic acid groups (broad SMARTS) is 1. The number of aryl methyl sites for hydroxylation is 1. The van der Waals surface area contributed by atoms with Crippen molar-refractivity contribution in [3.8, 4) is 0 Å². The van der Waals surface area contributed by atoms with Gasteiger partial charge in [0.1, 0.15) is 0 Å². The van der Waals surface area contributed by atoms with Crippen LogP contribution >= 0.6 is 11.8 Å². The molecule has 0 aliphatic rings. The Hall–Kier alpha value is -0.970. The second-order valence-electron chi connectivity index (χ2n) is 4.22. The highest BCUT2D eigenvalue weighted by Crippen LogP contribution is 2.26. The summed E-state index contributed by atoms with van der Waals surface area (Å²) in [4.78, 5) is 14.8. The fraction of sp³-hybridized carbons (Fsp3) is 0.636. The van der Waals surface area contributed by atoms with Crippen LogP contribution in [0.1, 0.15) is 32.5 Å². The molecule has 1 heterocycles. The van der Waals surface area contributed by atoms with Crippen LogP contribution in [0.25, 0.3) is 0 Å². The zero-order chi connectivity index (χ0) is 12.3. The Kier molecular flexibility index (Phi) is 4.41. The van der Waals surface area contributed by atoms with Gasteiger partial charge < -0.3 is 9.67 Å². The van der Waals surface area contributed by atoms with Crippen LogP contribution in [0.5, 0.6) is 0 Å². The minimum atomic E-state index is -0.811. The average molecular weight is 242 g/mol. The molecule has 0 fully saturated rings. The third kappa shape index (κ3) is 3.01. The van der Waals surface area contributed by atoms with E-state index in [0.717, 1.165) is 10.9 Å². The maximum Gasteiger partial charge on any atom is 0.313 e. The molecule has 90 valence electrons. The number of rotatable bonds is 5. The molecule has 0 saturated heterocycles. The van der Waals surface area contributed by atoms with E-state index in [-0.39, 0.29) is 5.75 Å². The first-order chi connectivity index (χ1) is 7.43. The van der Waals surface area contributed by atoms with E-state index in [9.17, 15) is 4.79 Å². The van der Waals surface area contributed by atoms with Gasteiger partial charge in [0, 0.05) is 17.9 Å². The van der Waals surface area contributed by atoms with Gasteiger partial charge in [-0.1, -0.05) is 25.6 Å². The van der Waals surface area contributed by atoms with E-state index in [1.807, 2.05) is 6.92 Å². The summed E-state index contributed by atoms with van der Waals surface area (Å²) in [5.74, 6) is -0.257. The Bertz CT molecular complexity index is 374. The summed E-state index contributed by atoms with van der Waals surface area (Å²) in [6.45, 7) is 8.42. The standard InChI is InChI=1S/C11H18N2O2S/c1-7(2)9(4)13-8(3)5-12-11(13)16-6-10(14)15/h5,7,9H,6H2,1-4H3,(H,14,15). The van der Waals surface area contributed by atoms with E-state index in [1.54, 1.807) is 6.20 Å². The third-order valence-electron chi connectivity index (χ3n) is 2.64. The second-order valence-corrected chi connectivity index (χ2v) is 5.16. The van der Waals surface area contributed by atoms with Crippen LogP contribution in [-0.4, -0.2) is 26.4 Å².